The van der Waals surface area contributed by atoms with Crippen LogP contribution in [0.3, 0.4) is 0 Å². The van der Waals surface area contributed by atoms with Crippen molar-refractivity contribution in [3.63, 3.8) is 0 Å². The van der Waals surface area contributed by atoms with Crippen molar-refractivity contribution in [1.29, 1.82) is 0 Å². The largest absolute Gasteiger partial charge is 0.479 e. The van der Waals surface area contributed by atoms with Gasteiger partial charge in [-0.3, -0.25) is 4.79 Å². The first-order chi connectivity index (χ1) is 10.1. The van der Waals surface area contributed by atoms with E-state index >= 15 is 0 Å². The molecule has 21 heavy (non-hydrogen) atoms. The number of benzene rings is 1. The molecule has 1 fully saturated rings. The molecule has 0 aromatic heterocycles. The normalized spacial score (nSPS) is 22.7. The average molecular weight is 290 g/mol. The maximum Gasteiger partial charge on any atom is 0.330 e. The number of nitrogens with one attached hydrogen (secondary N) is 2. The number of carbonyl (C=O) groups is 2. The molecule has 1 saturated heterocycles. The van der Waals surface area contributed by atoms with Gasteiger partial charge in [0.15, 0.2) is 6.04 Å². The zero-order valence-electron chi connectivity index (χ0n) is 12.3. The van der Waals surface area contributed by atoms with E-state index in [-0.39, 0.29) is 5.91 Å². The minimum atomic E-state index is -1.04. The van der Waals surface area contributed by atoms with E-state index < -0.39 is 17.6 Å². The summed E-state index contributed by atoms with van der Waals surface area (Å²) >= 11 is 0. The topological polar surface area (TPSA) is 78.4 Å². The number of carbonyl (C=O) groups excluding carboxylic acids is 1. The molecule has 2 atom stereocenters. The van der Waals surface area contributed by atoms with Crippen LogP contribution in [0.25, 0.3) is 0 Å². The van der Waals surface area contributed by atoms with Crippen molar-refractivity contribution in [2.45, 2.75) is 44.2 Å². The minimum absolute atomic E-state index is 0.210. The summed E-state index contributed by atoms with van der Waals surface area (Å²) in [7, 11) is 0. The summed E-state index contributed by atoms with van der Waals surface area (Å²) in [5, 5.41) is 15.4. The first-order valence-corrected chi connectivity index (χ1v) is 7.43. The van der Waals surface area contributed by atoms with E-state index in [1.807, 2.05) is 13.0 Å². The second-order valence-corrected chi connectivity index (χ2v) is 5.52. The molecule has 0 bridgehead atoms. The average Bonchev–Trinajstić information content (AvgIpc) is 2.95. The second-order valence-electron chi connectivity index (χ2n) is 5.52. The Hall–Kier alpha value is -1.88. The molecule has 114 valence electrons. The summed E-state index contributed by atoms with van der Waals surface area (Å²) < 4.78 is 0. The van der Waals surface area contributed by atoms with Gasteiger partial charge < -0.3 is 15.7 Å². The zero-order chi connectivity index (χ0) is 15.3. The molecule has 1 amide bonds. The quantitative estimate of drug-likeness (QED) is 0.747. The second kappa shape index (κ2) is 6.72. The number of hydrogen-bond donors (Lipinski definition) is 3. The molecule has 1 aromatic carbocycles. The van der Waals surface area contributed by atoms with Crippen LogP contribution in [0.5, 0.6) is 0 Å². The maximum atomic E-state index is 12.6. The van der Waals surface area contributed by atoms with Crippen LogP contribution in [-0.4, -0.2) is 29.1 Å². The van der Waals surface area contributed by atoms with Crippen molar-refractivity contribution in [3.8, 4) is 0 Å². The van der Waals surface area contributed by atoms with Gasteiger partial charge in [0.05, 0.1) is 5.54 Å². The zero-order valence-corrected chi connectivity index (χ0v) is 12.3. The fourth-order valence-electron chi connectivity index (χ4n) is 2.96. The third-order valence-electron chi connectivity index (χ3n) is 4.01. The van der Waals surface area contributed by atoms with Gasteiger partial charge in [0.2, 0.25) is 5.91 Å². The summed E-state index contributed by atoms with van der Waals surface area (Å²) in [6, 6.07) is 7.79. The Morgan fingerprint density at radius 2 is 2.10 bits per heavy atom. The van der Waals surface area contributed by atoms with Crippen LogP contribution in [0, 0.1) is 0 Å². The van der Waals surface area contributed by atoms with Crippen molar-refractivity contribution in [1.82, 2.24) is 10.6 Å². The van der Waals surface area contributed by atoms with Gasteiger partial charge >= 0.3 is 5.97 Å². The Labute approximate surface area is 124 Å². The number of aliphatic carboxylic acids is 1. The molecular formula is C16H22N2O3. The molecule has 1 aromatic rings. The highest BCUT2D eigenvalue weighted by Crippen LogP contribution is 2.26. The lowest BCUT2D eigenvalue weighted by Crippen LogP contribution is -2.54. The van der Waals surface area contributed by atoms with Crippen LogP contribution in [-0.2, 0) is 9.59 Å². The number of amides is 1. The molecule has 2 rings (SSSR count). The van der Waals surface area contributed by atoms with Gasteiger partial charge in [0, 0.05) is 0 Å². The molecule has 3 N–H and O–H groups in total. The smallest absolute Gasteiger partial charge is 0.330 e. The predicted octanol–water partition coefficient (Wildman–Crippen LogP) is 1.85. The van der Waals surface area contributed by atoms with Crippen LogP contribution in [0.1, 0.15) is 44.2 Å². The monoisotopic (exact) mass is 290 g/mol. The molecular weight excluding hydrogens is 268 g/mol. The van der Waals surface area contributed by atoms with E-state index in [9.17, 15) is 14.7 Å². The summed E-state index contributed by atoms with van der Waals surface area (Å²) in [6.45, 7) is 2.83. The van der Waals surface area contributed by atoms with Gasteiger partial charge in [0.1, 0.15) is 0 Å². The Balaban J connectivity index is 2.17. The Kier molecular flexibility index (Phi) is 4.96. The molecule has 5 nitrogen and oxygen atoms in total. The van der Waals surface area contributed by atoms with Crippen molar-refractivity contribution >= 4 is 11.9 Å². The maximum absolute atomic E-state index is 12.6. The SMILES string of the molecule is CCCC1(C(=O)NC(C(=O)O)c2ccccc2)CCCN1. The van der Waals surface area contributed by atoms with Gasteiger partial charge in [-0.05, 0) is 31.4 Å². The summed E-state index contributed by atoms with van der Waals surface area (Å²) in [5.41, 5.74) is -0.0278. The van der Waals surface area contributed by atoms with Crippen molar-refractivity contribution in [3.05, 3.63) is 35.9 Å². The number of carboxylic acids is 1. The molecule has 2 unspecified atom stereocenters. The third kappa shape index (κ3) is 3.42. The first kappa shape index (κ1) is 15.5. The lowest BCUT2D eigenvalue weighted by molar-refractivity contribution is -0.143. The predicted molar refractivity (Wildman–Crippen MR) is 79.8 cm³/mol. The highest BCUT2D eigenvalue weighted by atomic mass is 16.4. The number of rotatable bonds is 6. The lowest BCUT2D eigenvalue weighted by Gasteiger charge is -2.29. The van der Waals surface area contributed by atoms with Gasteiger partial charge in [-0.25, -0.2) is 4.79 Å². The van der Waals surface area contributed by atoms with Gasteiger partial charge in [0.25, 0.3) is 0 Å². The van der Waals surface area contributed by atoms with E-state index in [0.29, 0.717) is 5.56 Å². The van der Waals surface area contributed by atoms with Gasteiger partial charge in [-0.2, -0.15) is 0 Å². The third-order valence-corrected chi connectivity index (χ3v) is 4.01. The molecule has 0 spiro atoms. The Morgan fingerprint density at radius 1 is 1.38 bits per heavy atom. The molecule has 0 aliphatic carbocycles. The summed E-state index contributed by atoms with van der Waals surface area (Å²) in [5.74, 6) is -1.25. The van der Waals surface area contributed by atoms with Crippen LogP contribution in [0.2, 0.25) is 0 Å². The van der Waals surface area contributed by atoms with E-state index in [2.05, 4.69) is 10.6 Å². The standard InChI is InChI=1S/C16H22N2O3/c1-2-9-16(10-6-11-17-16)15(21)18-13(14(19)20)12-7-4-3-5-8-12/h3-5,7-8,13,17H,2,6,9-11H2,1H3,(H,18,21)(H,19,20). The van der Waals surface area contributed by atoms with Gasteiger partial charge in [-0.1, -0.05) is 43.7 Å². The number of carboxylic acid groups (broad SMARTS) is 1. The first-order valence-electron chi connectivity index (χ1n) is 7.43. The fourth-order valence-corrected chi connectivity index (χ4v) is 2.96. The fraction of sp³-hybridized carbons (Fsp3) is 0.500. The van der Waals surface area contributed by atoms with E-state index in [1.165, 1.54) is 0 Å². The van der Waals surface area contributed by atoms with Crippen LogP contribution in [0.4, 0.5) is 0 Å². The summed E-state index contributed by atoms with van der Waals surface area (Å²) in [4.78, 5) is 24.1. The van der Waals surface area contributed by atoms with Crippen molar-refractivity contribution < 1.29 is 14.7 Å². The van der Waals surface area contributed by atoms with E-state index in [4.69, 9.17) is 0 Å². The molecule has 1 aliphatic rings. The van der Waals surface area contributed by atoms with E-state index in [1.54, 1.807) is 24.3 Å². The Morgan fingerprint density at radius 3 is 2.62 bits per heavy atom. The highest BCUT2D eigenvalue weighted by molar-refractivity contribution is 5.90. The summed E-state index contributed by atoms with van der Waals surface area (Å²) in [6.07, 6.45) is 3.30. The van der Waals surface area contributed by atoms with Crippen molar-refractivity contribution in [2.24, 2.45) is 0 Å². The lowest BCUT2D eigenvalue weighted by atomic mass is 9.90. The molecule has 1 aliphatic heterocycles. The van der Waals surface area contributed by atoms with Crippen LogP contribution < -0.4 is 10.6 Å². The van der Waals surface area contributed by atoms with Crippen molar-refractivity contribution in [2.75, 3.05) is 6.54 Å². The Bertz CT molecular complexity index is 496. The molecule has 0 radical (unpaired) electrons. The molecule has 0 saturated carbocycles. The van der Waals surface area contributed by atoms with Gasteiger partial charge in [-0.15, -0.1) is 0 Å². The minimum Gasteiger partial charge on any atom is -0.479 e. The molecule has 5 heteroatoms. The van der Waals surface area contributed by atoms with Crippen LogP contribution >= 0.6 is 0 Å². The van der Waals surface area contributed by atoms with Crippen LogP contribution in [0.15, 0.2) is 30.3 Å². The number of hydrogen-bond acceptors (Lipinski definition) is 3. The van der Waals surface area contributed by atoms with E-state index in [0.717, 1.165) is 32.2 Å². The highest BCUT2D eigenvalue weighted by Gasteiger charge is 2.41. The molecule has 1 heterocycles.